The van der Waals surface area contributed by atoms with Crippen molar-refractivity contribution in [3.8, 4) is 11.3 Å². The zero-order valence-corrected chi connectivity index (χ0v) is 23.0. The minimum atomic E-state index is -0.823. The lowest BCUT2D eigenvalue weighted by Crippen LogP contribution is -2.37. The van der Waals surface area contributed by atoms with Crippen LogP contribution in [0, 0.1) is 0 Å². The number of likely N-dealkylation sites (tertiary alicyclic amines) is 1. The number of fused-ring (bicyclic) bond motifs is 1. The lowest BCUT2D eigenvalue weighted by Gasteiger charge is -2.32. The summed E-state index contributed by atoms with van der Waals surface area (Å²) in [6.45, 7) is 1.43. The number of piperidine rings is 1. The Morgan fingerprint density at radius 2 is 1.67 bits per heavy atom. The summed E-state index contributed by atoms with van der Waals surface area (Å²) in [7, 11) is 0. The number of aliphatic carboxylic acids is 1. The van der Waals surface area contributed by atoms with Crippen molar-refractivity contribution in [1.29, 1.82) is 0 Å². The molecule has 1 fully saturated rings. The standard InChI is InChI=1S/C31H29Cl2N3O3/c32-23-11-12-24(25(33)19-23)30-27(8-4-5-9-29(37)38)34-28-18-22(10-13-26(28)35-30)31(39)36-16-14-21(15-17-36)20-6-2-1-3-7-20/h1-3,6-7,10-13,18-19,21H,4-5,8-9,14-17H2,(H,37,38). The van der Waals surface area contributed by atoms with Crippen LogP contribution < -0.4 is 0 Å². The fourth-order valence-electron chi connectivity index (χ4n) is 5.19. The Bertz CT molecular complexity index is 1500. The number of carbonyl (C=O) groups is 2. The average Bonchev–Trinajstić information content (AvgIpc) is 2.95. The van der Waals surface area contributed by atoms with Gasteiger partial charge in [-0.1, -0.05) is 53.5 Å². The van der Waals surface area contributed by atoms with Gasteiger partial charge in [-0.25, -0.2) is 9.97 Å². The van der Waals surface area contributed by atoms with Crippen molar-refractivity contribution < 1.29 is 14.7 Å². The summed E-state index contributed by atoms with van der Waals surface area (Å²) in [6, 6.07) is 21.2. The van der Waals surface area contributed by atoms with Crippen molar-refractivity contribution in [2.24, 2.45) is 0 Å². The number of hydrogen-bond donors (Lipinski definition) is 1. The van der Waals surface area contributed by atoms with Crippen LogP contribution in [0.2, 0.25) is 10.0 Å². The molecule has 1 N–H and O–H groups in total. The van der Waals surface area contributed by atoms with Crippen LogP contribution in [0.25, 0.3) is 22.3 Å². The number of aryl methyl sites for hydroxylation is 1. The van der Waals surface area contributed by atoms with Gasteiger partial charge in [0.15, 0.2) is 0 Å². The minimum Gasteiger partial charge on any atom is -0.481 e. The van der Waals surface area contributed by atoms with Crippen LogP contribution in [0.5, 0.6) is 0 Å². The number of rotatable bonds is 8. The lowest BCUT2D eigenvalue weighted by atomic mass is 9.89. The molecule has 1 aliphatic heterocycles. The van der Waals surface area contributed by atoms with Crippen LogP contribution in [-0.2, 0) is 11.2 Å². The van der Waals surface area contributed by atoms with Gasteiger partial charge in [-0.15, -0.1) is 0 Å². The highest BCUT2D eigenvalue weighted by Crippen LogP contribution is 2.33. The molecule has 1 saturated heterocycles. The minimum absolute atomic E-state index is 0.00181. The SMILES string of the molecule is O=C(O)CCCCc1nc2cc(C(=O)N3CCC(c4ccccc4)CC3)ccc2nc1-c1ccc(Cl)cc1Cl. The van der Waals surface area contributed by atoms with Crippen LogP contribution in [0.15, 0.2) is 66.7 Å². The van der Waals surface area contributed by atoms with Gasteiger partial charge in [-0.05, 0) is 80.0 Å². The smallest absolute Gasteiger partial charge is 0.303 e. The molecule has 0 atom stereocenters. The maximum Gasteiger partial charge on any atom is 0.303 e. The van der Waals surface area contributed by atoms with Gasteiger partial charge in [0.25, 0.3) is 5.91 Å². The highest BCUT2D eigenvalue weighted by Gasteiger charge is 2.25. The number of nitrogens with zero attached hydrogens (tertiary/aromatic N) is 3. The van der Waals surface area contributed by atoms with Crippen LogP contribution >= 0.6 is 23.2 Å². The molecular weight excluding hydrogens is 533 g/mol. The predicted molar refractivity (Wildman–Crippen MR) is 155 cm³/mol. The van der Waals surface area contributed by atoms with E-state index in [4.69, 9.17) is 38.3 Å². The summed E-state index contributed by atoms with van der Waals surface area (Å²) in [5.74, 6) is -0.353. The molecule has 1 aromatic heterocycles. The Kier molecular flexibility index (Phi) is 8.44. The second kappa shape index (κ2) is 12.1. The van der Waals surface area contributed by atoms with Crippen molar-refractivity contribution in [1.82, 2.24) is 14.9 Å². The molecule has 200 valence electrons. The number of benzene rings is 3. The van der Waals surface area contributed by atoms with Crippen LogP contribution in [0.1, 0.15) is 59.6 Å². The number of carbonyl (C=O) groups excluding carboxylic acids is 1. The fourth-order valence-corrected chi connectivity index (χ4v) is 5.69. The van der Waals surface area contributed by atoms with E-state index in [9.17, 15) is 9.59 Å². The monoisotopic (exact) mass is 561 g/mol. The second-order valence-electron chi connectivity index (χ2n) is 9.92. The highest BCUT2D eigenvalue weighted by atomic mass is 35.5. The van der Waals surface area contributed by atoms with Crippen molar-refractivity contribution in [3.05, 3.63) is 93.6 Å². The summed E-state index contributed by atoms with van der Waals surface area (Å²) < 4.78 is 0. The molecule has 8 heteroatoms. The largest absolute Gasteiger partial charge is 0.481 e. The molecule has 0 bridgehead atoms. The Morgan fingerprint density at radius 3 is 2.38 bits per heavy atom. The molecule has 5 rings (SSSR count). The fraction of sp³-hybridized carbons (Fsp3) is 0.290. The highest BCUT2D eigenvalue weighted by molar-refractivity contribution is 6.36. The first kappa shape index (κ1) is 27.1. The lowest BCUT2D eigenvalue weighted by molar-refractivity contribution is -0.137. The van der Waals surface area contributed by atoms with Crippen molar-refractivity contribution in [2.45, 2.75) is 44.4 Å². The molecule has 0 aliphatic carbocycles. The van der Waals surface area contributed by atoms with E-state index in [1.165, 1.54) is 5.56 Å². The molecule has 4 aromatic rings. The topological polar surface area (TPSA) is 83.4 Å². The molecule has 0 spiro atoms. The third kappa shape index (κ3) is 6.40. The normalized spacial score (nSPS) is 14.1. The van der Waals surface area contributed by atoms with E-state index in [1.54, 1.807) is 12.1 Å². The molecular formula is C31H29Cl2N3O3. The molecule has 39 heavy (non-hydrogen) atoms. The summed E-state index contributed by atoms with van der Waals surface area (Å²) in [4.78, 5) is 36.1. The Hall–Kier alpha value is -3.48. The summed E-state index contributed by atoms with van der Waals surface area (Å²) in [6.07, 6.45) is 3.68. The first-order valence-electron chi connectivity index (χ1n) is 13.2. The van der Waals surface area contributed by atoms with Gasteiger partial charge in [-0.2, -0.15) is 0 Å². The van der Waals surface area contributed by atoms with Crippen molar-refractivity contribution >= 4 is 46.1 Å². The van der Waals surface area contributed by atoms with Gasteiger partial charge < -0.3 is 10.0 Å². The zero-order valence-electron chi connectivity index (χ0n) is 21.4. The van der Waals surface area contributed by atoms with Gasteiger partial charge >= 0.3 is 5.97 Å². The molecule has 0 unspecified atom stereocenters. The van der Waals surface area contributed by atoms with Gasteiger partial charge in [0, 0.05) is 35.7 Å². The van der Waals surface area contributed by atoms with Crippen LogP contribution in [-0.4, -0.2) is 44.9 Å². The first-order chi connectivity index (χ1) is 18.9. The third-order valence-corrected chi connectivity index (χ3v) is 7.82. The van der Waals surface area contributed by atoms with Gasteiger partial charge in [-0.3, -0.25) is 9.59 Å². The van der Waals surface area contributed by atoms with Crippen LogP contribution in [0.3, 0.4) is 0 Å². The molecule has 3 aromatic carbocycles. The number of unbranched alkanes of at least 4 members (excludes halogenated alkanes) is 1. The van der Waals surface area contributed by atoms with Gasteiger partial charge in [0.05, 0.1) is 27.4 Å². The summed E-state index contributed by atoms with van der Waals surface area (Å²) in [5.41, 5.74) is 5.27. The molecule has 6 nitrogen and oxygen atoms in total. The number of aromatic nitrogens is 2. The van der Waals surface area contributed by atoms with E-state index in [0.717, 1.165) is 12.8 Å². The van der Waals surface area contributed by atoms with E-state index in [1.807, 2.05) is 35.2 Å². The summed E-state index contributed by atoms with van der Waals surface area (Å²) in [5, 5.41) is 10.0. The average molecular weight is 562 g/mol. The quantitative estimate of drug-likeness (QED) is 0.226. The molecule has 1 aliphatic rings. The van der Waals surface area contributed by atoms with Crippen molar-refractivity contribution in [2.75, 3.05) is 13.1 Å². The predicted octanol–water partition coefficient (Wildman–Crippen LogP) is 7.42. The van der Waals surface area contributed by atoms with E-state index < -0.39 is 5.97 Å². The van der Waals surface area contributed by atoms with Crippen LogP contribution in [0.4, 0.5) is 0 Å². The maximum atomic E-state index is 13.4. The number of amides is 1. The summed E-state index contributed by atoms with van der Waals surface area (Å²) >= 11 is 12.6. The Balaban J connectivity index is 1.40. The van der Waals surface area contributed by atoms with E-state index >= 15 is 0 Å². The third-order valence-electron chi connectivity index (χ3n) is 7.28. The number of carboxylic acid groups (broad SMARTS) is 1. The number of halogens is 2. The number of hydrogen-bond acceptors (Lipinski definition) is 4. The zero-order chi connectivity index (χ0) is 27.4. The van der Waals surface area contributed by atoms with E-state index in [-0.39, 0.29) is 12.3 Å². The molecule has 1 amide bonds. The van der Waals surface area contributed by atoms with Gasteiger partial charge in [0.1, 0.15) is 0 Å². The van der Waals surface area contributed by atoms with Gasteiger partial charge in [0.2, 0.25) is 0 Å². The van der Waals surface area contributed by atoms with E-state index in [2.05, 4.69) is 24.3 Å². The number of carboxylic acids is 1. The Labute approximate surface area is 237 Å². The molecule has 0 radical (unpaired) electrons. The first-order valence-corrected chi connectivity index (χ1v) is 14.0. The second-order valence-corrected chi connectivity index (χ2v) is 10.8. The Morgan fingerprint density at radius 1 is 0.897 bits per heavy atom. The van der Waals surface area contributed by atoms with Crippen molar-refractivity contribution in [3.63, 3.8) is 0 Å². The maximum absolute atomic E-state index is 13.4. The van der Waals surface area contributed by atoms with E-state index in [0.29, 0.717) is 81.9 Å². The molecule has 2 heterocycles. The molecule has 0 saturated carbocycles.